The zero-order valence-electron chi connectivity index (χ0n) is 10.2. The lowest BCUT2D eigenvalue weighted by Gasteiger charge is -2.26. The number of aliphatic hydroxyl groups is 1. The van der Waals surface area contributed by atoms with Crippen LogP contribution in [-0.2, 0) is 0 Å². The molecule has 1 aliphatic heterocycles. The molecule has 88 valence electrons. The molecule has 1 rings (SSSR count). The van der Waals surface area contributed by atoms with Gasteiger partial charge in [-0.05, 0) is 33.9 Å². The highest BCUT2D eigenvalue weighted by molar-refractivity contribution is 4.92. The molecular formula is C12H24N2O. The van der Waals surface area contributed by atoms with Gasteiger partial charge in [0.2, 0.25) is 0 Å². The Morgan fingerprint density at radius 2 is 2.20 bits per heavy atom. The van der Waals surface area contributed by atoms with E-state index in [0.717, 1.165) is 32.5 Å². The smallest absolute Gasteiger partial charge is 0.0682 e. The van der Waals surface area contributed by atoms with Crippen LogP contribution in [0.2, 0.25) is 0 Å². The van der Waals surface area contributed by atoms with Crippen molar-refractivity contribution in [3.8, 4) is 0 Å². The van der Waals surface area contributed by atoms with E-state index in [9.17, 15) is 5.11 Å². The summed E-state index contributed by atoms with van der Waals surface area (Å²) >= 11 is 0. The van der Waals surface area contributed by atoms with Gasteiger partial charge in [-0.25, -0.2) is 0 Å². The number of aliphatic hydroxyl groups excluding tert-OH is 1. The van der Waals surface area contributed by atoms with Gasteiger partial charge in [-0.15, -0.1) is 6.58 Å². The summed E-state index contributed by atoms with van der Waals surface area (Å²) in [7, 11) is 4.17. The number of rotatable bonds is 5. The van der Waals surface area contributed by atoms with Crippen LogP contribution in [0.4, 0.5) is 0 Å². The van der Waals surface area contributed by atoms with Gasteiger partial charge < -0.3 is 10.0 Å². The summed E-state index contributed by atoms with van der Waals surface area (Å²) in [6.07, 6.45) is 1.81. The molecule has 15 heavy (non-hydrogen) atoms. The van der Waals surface area contributed by atoms with Crippen molar-refractivity contribution in [2.45, 2.75) is 31.9 Å². The Kier molecular flexibility index (Phi) is 4.77. The summed E-state index contributed by atoms with van der Waals surface area (Å²) in [6.45, 7) is 8.88. The van der Waals surface area contributed by atoms with Crippen LogP contribution < -0.4 is 0 Å². The molecule has 3 nitrogen and oxygen atoms in total. The Morgan fingerprint density at radius 3 is 2.73 bits per heavy atom. The lowest BCUT2D eigenvalue weighted by molar-refractivity contribution is 0.173. The Morgan fingerprint density at radius 1 is 1.53 bits per heavy atom. The van der Waals surface area contributed by atoms with Crippen LogP contribution in [0.25, 0.3) is 0 Å². The van der Waals surface area contributed by atoms with Crippen molar-refractivity contribution in [3.05, 3.63) is 12.2 Å². The lowest BCUT2D eigenvalue weighted by atomic mass is 10.2. The second kappa shape index (κ2) is 5.64. The molecule has 0 radical (unpaired) electrons. The molecule has 1 heterocycles. The molecule has 0 spiro atoms. The van der Waals surface area contributed by atoms with Crippen LogP contribution in [-0.4, -0.2) is 60.8 Å². The van der Waals surface area contributed by atoms with Gasteiger partial charge in [0.1, 0.15) is 0 Å². The van der Waals surface area contributed by atoms with E-state index in [4.69, 9.17) is 0 Å². The first-order chi connectivity index (χ1) is 6.99. The van der Waals surface area contributed by atoms with Gasteiger partial charge in [-0.1, -0.05) is 5.57 Å². The fourth-order valence-corrected chi connectivity index (χ4v) is 2.18. The normalized spacial score (nSPS) is 27.5. The Labute approximate surface area is 93.4 Å². The average Bonchev–Trinajstić information content (AvgIpc) is 2.41. The number of likely N-dealkylation sites (N-methyl/N-ethyl adjacent to an activating group) is 1. The molecule has 2 unspecified atom stereocenters. The monoisotopic (exact) mass is 212 g/mol. The van der Waals surface area contributed by atoms with Crippen molar-refractivity contribution >= 4 is 0 Å². The van der Waals surface area contributed by atoms with Crippen molar-refractivity contribution in [1.82, 2.24) is 9.80 Å². The summed E-state index contributed by atoms with van der Waals surface area (Å²) in [4.78, 5) is 4.58. The van der Waals surface area contributed by atoms with Crippen LogP contribution in [0.5, 0.6) is 0 Å². The first kappa shape index (κ1) is 12.7. The van der Waals surface area contributed by atoms with E-state index in [2.05, 4.69) is 37.4 Å². The summed E-state index contributed by atoms with van der Waals surface area (Å²) in [5.74, 6) is 0. The number of hydrogen-bond donors (Lipinski definition) is 1. The van der Waals surface area contributed by atoms with Crippen molar-refractivity contribution in [3.63, 3.8) is 0 Å². The maximum atomic E-state index is 9.67. The number of hydrogen-bond acceptors (Lipinski definition) is 3. The molecule has 1 N–H and O–H groups in total. The highest BCUT2D eigenvalue weighted by Crippen LogP contribution is 2.19. The highest BCUT2D eigenvalue weighted by Gasteiger charge is 2.30. The molecular weight excluding hydrogens is 188 g/mol. The third-order valence-electron chi connectivity index (χ3n) is 2.91. The van der Waals surface area contributed by atoms with Gasteiger partial charge in [0.05, 0.1) is 6.10 Å². The van der Waals surface area contributed by atoms with E-state index in [1.54, 1.807) is 0 Å². The van der Waals surface area contributed by atoms with Gasteiger partial charge in [0.25, 0.3) is 0 Å². The molecule has 1 fully saturated rings. The minimum Gasteiger partial charge on any atom is -0.392 e. The Bertz CT molecular complexity index is 216. The second-order valence-electron chi connectivity index (χ2n) is 5.01. The van der Waals surface area contributed by atoms with Crippen LogP contribution in [0.3, 0.4) is 0 Å². The molecule has 0 aromatic rings. The van der Waals surface area contributed by atoms with Gasteiger partial charge in [0, 0.05) is 25.7 Å². The number of nitrogens with zero attached hydrogens (tertiary/aromatic N) is 2. The van der Waals surface area contributed by atoms with Gasteiger partial charge >= 0.3 is 0 Å². The molecule has 1 saturated heterocycles. The molecule has 0 aromatic heterocycles. The Hall–Kier alpha value is -0.380. The van der Waals surface area contributed by atoms with E-state index in [1.165, 1.54) is 5.57 Å². The SMILES string of the molecule is C=C(C)CCN1CC(O)CC1CN(C)C. The number of likely N-dealkylation sites (tertiary alicyclic amines) is 1. The zero-order chi connectivity index (χ0) is 11.4. The van der Waals surface area contributed by atoms with E-state index >= 15 is 0 Å². The minimum atomic E-state index is -0.139. The standard InChI is InChI=1S/C12H24N2O/c1-10(2)5-6-14-9-12(15)7-11(14)8-13(3)4/h11-12,15H,1,5-9H2,2-4H3. The van der Waals surface area contributed by atoms with Gasteiger partial charge in [0.15, 0.2) is 0 Å². The summed E-state index contributed by atoms with van der Waals surface area (Å²) < 4.78 is 0. The molecule has 0 saturated carbocycles. The molecule has 0 aliphatic carbocycles. The highest BCUT2D eigenvalue weighted by atomic mass is 16.3. The van der Waals surface area contributed by atoms with Crippen molar-refractivity contribution in [2.75, 3.05) is 33.7 Å². The molecule has 0 amide bonds. The molecule has 3 heteroatoms. The quantitative estimate of drug-likeness (QED) is 0.687. The summed E-state index contributed by atoms with van der Waals surface area (Å²) in [5.41, 5.74) is 1.22. The fraction of sp³-hybridized carbons (Fsp3) is 0.833. The van der Waals surface area contributed by atoms with Crippen LogP contribution in [0, 0.1) is 0 Å². The first-order valence-electron chi connectivity index (χ1n) is 5.70. The van der Waals surface area contributed by atoms with E-state index in [-0.39, 0.29) is 6.10 Å². The third-order valence-corrected chi connectivity index (χ3v) is 2.91. The topological polar surface area (TPSA) is 26.7 Å². The minimum absolute atomic E-state index is 0.139. The van der Waals surface area contributed by atoms with Crippen molar-refractivity contribution in [2.24, 2.45) is 0 Å². The van der Waals surface area contributed by atoms with Crippen molar-refractivity contribution < 1.29 is 5.11 Å². The van der Waals surface area contributed by atoms with Crippen LogP contribution in [0.1, 0.15) is 19.8 Å². The molecule has 1 aliphatic rings. The van der Waals surface area contributed by atoms with E-state index in [1.807, 2.05) is 0 Å². The summed E-state index contributed by atoms with van der Waals surface area (Å²) in [5, 5.41) is 9.67. The molecule has 0 aromatic carbocycles. The van der Waals surface area contributed by atoms with Crippen LogP contribution in [0.15, 0.2) is 12.2 Å². The maximum absolute atomic E-state index is 9.67. The summed E-state index contributed by atoms with van der Waals surface area (Å²) in [6, 6.07) is 0.509. The van der Waals surface area contributed by atoms with Crippen molar-refractivity contribution in [1.29, 1.82) is 0 Å². The largest absolute Gasteiger partial charge is 0.392 e. The van der Waals surface area contributed by atoms with Gasteiger partial charge in [-0.3, -0.25) is 4.90 Å². The van der Waals surface area contributed by atoms with E-state index in [0.29, 0.717) is 6.04 Å². The predicted molar refractivity (Wildman–Crippen MR) is 64.0 cm³/mol. The van der Waals surface area contributed by atoms with E-state index < -0.39 is 0 Å². The van der Waals surface area contributed by atoms with Crippen LogP contribution >= 0.6 is 0 Å². The zero-order valence-corrected chi connectivity index (χ0v) is 10.2. The molecule has 2 atom stereocenters. The first-order valence-corrected chi connectivity index (χ1v) is 5.70. The fourth-order valence-electron chi connectivity index (χ4n) is 2.18. The predicted octanol–water partition coefficient (Wildman–Crippen LogP) is 0.949. The Balaban J connectivity index is 2.41. The molecule has 0 bridgehead atoms. The lowest BCUT2D eigenvalue weighted by Crippen LogP contribution is -2.38. The maximum Gasteiger partial charge on any atom is 0.0682 e. The number of β-amino-alcohol motifs (C(OH)–C–C–N with tert-alkyl or cyclic N) is 1. The average molecular weight is 212 g/mol. The third kappa shape index (κ3) is 4.33. The van der Waals surface area contributed by atoms with Gasteiger partial charge in [-0.2, -0.15) is 0 Å². The second-order valence-corrected chi connectivity index (χ2v) is 5.01.